The molecule has 18 heavy (non-hydrogen) atoms. The van der Waals surface area contributed by atoms with Crippen molar-refractivity contribution in [1.29, 1.82) is 0 Å². The van der Waals surface area contributed by atoms with Gasteiger partial charge in [-0.15, -0.1) is 12.4 Å². The Labute approximate surface area is 112 Å². The van der Waals surface area contributed by atoms with Gasteiger partial charge < -0.3 is 5.32 Å². The van der Waals surface area contributed by atoms with E-state index in [-0.39, 0.29) is 24.0 Å². The van der Waals surface area contributed by atoms with E-state index in [0.29, 0.717) is 17.6 Å². The second-order valence-electron chi connectivity index (χ2n) is 5.01. The van der Waals surface area contributed by atoms with Gasteiger partial charge in [0.2, 0.25) is 0 Å². The van der Waals surface area contributed by atoms with Gasteiger partial charge in [-0.3, -0.25) is 0 Å². The van der Waals surface area contributed by atoms with E-state index in [9.17, 15) is 8.78 Å². The third-order valence-corrected chi connectivity index (χ3v) is 3.67. The minimum atomic E-state index is -0.379. The summed E-state index contributed by atoms with van der Waals surface area (Å²) in [5.41, 5.74) is 1.61. The monoisotopic (exact) mass is 271 g/mol. The molecule has 2 aliphatic heterocycles. The van der Waals surface area contributed by atoms with E-state index in [0.717, 1.165) is 18.9 Å². The van der Waals surface area contributed by atoms with E-state index in [4.69, 9.17) is 0 Å². The Morgan fingerprint density at radius 3 is 2.44 bits per heavy atom. The number of benzene rings is 1. The highest BCUT2D eigenvalue weighted by atomic mass is 35.5. The smallest absolute Gasteiger partial charge is 0.130 e. The van der Waals surface area contributed by atoms with Crippen LogP contribution in [0.3, 0.4) is 0 Å². The van der Waals surface area contributed by atoms with Crippen LogP contribution in [0.4, 0.5) is 8.78 Å². The van der Waals surface area contributed by atoms with Gasteiger partial charge in [0.05, 0.1) is 0 Å². The summed E-state index contributed by atoms with van der Waals surface area (Å²) in [7, 11) is 0. The molecule has 2 atom stereocenters. The summed E-state index contributed by atoms with van der Waals surface area (Å²) in [5, 5.41) is 3.52. The highest BCUT2D eigenvalue weighted by Crippen LogP contribution is 2.31. The molecule has 2 aliphatic rings. The Morgan fingerprint density at radius 1 is 1.11 bits per heavy atom. The fourth-order valence-electron chi connectivity index (χ4n) is 2.90. The number of halogens is 3. The Bertz CT molecular complexity index is 459. The van der Waals surface area contributed by atoms with Crippen molar-refractivity contribution in [3.05, 3.63) is 41.0 Å². The van der Waals surface area contributed by atoms with Gasteiger partial charge in [-0.2, -0.15) is 0 Å². The van der Waals surface area contributed by atoms with E-state index < -0.39 is 0 Å². The lowest BCUT2D eigenvalue weighted by Gasteiger charge is -2.23. The second kappa shape index (κ2) is 5.37. The van der Waals surface area contributed by atoms with E-state index >= 15 is 0 Å². The topological polar surface area (TPSA) is 12.0 Å². The maximum atomic E-state index is 13.5. The number of rotatable bonds is 1. The lowest BCUT2D eigenvalue weighted by atomic mass is 9.96. The number of fused-ring (bicyclic) bond motifs is 2. The Hall–Kier alpha value is -0.930. The minimum absolute atomic E-state index is 0. The van der Waals surface area contributed by atoms with Crippen LogP contribution in [0.25, 0.3) is 6.08 Å². The summed E-state index contributed by atoms with van der Waals surface area (Å²) in [5.74, 6) is -0.722. The van der Waals surface area contributed by atoms with Gasteiger partial charge in [0.25, 0.3) is 0 Å². The molecule has 0 aliphatic carbocycles. The molecule has 4 heteroatoms. The Balaban J connectivity index is 0.00000120. The van der Waals surface area contributed by atoms with Crippen LogP contribution in [-0.2, 0) is 0 Å². The second-order valence-corrected chi connectivity index (χ2v) is 5.01. The molecule has 0 aromatic heterocycles. The molecule has 1 nitrogen and oxygen atoms in total. The average Bonchev–Trinajstić information content (AvgIpc) is 2.63. The molecule has 3 rings (SSSR count). The van der Waals surface area contributed by atoms with Gasteiger partial charge >= 0.3 is 0 Å². The summed E-state index contributed by atoms with van der Waals surface area (Å²) in [4.78, 5) is 0. The first kappa shape index (κ1) is 13.5. The van der Waals surface area contributed by atoms with Crippen LogP contribution >= 0.6 is 12.4 Å². The molecular formula is C14H16ClF2N. The van der Waals surface area contributed by atoms with Gasteiger partial charge in [0, 0.05) is 17.6 Å². The fourth-order valence-corrected chi connectivity index (χ4v) is 2.90. The Kier molecular flexibility index (Phi) is 4.03. The minimum Gasteiger partial charge on any atom is -0.311 e. The molecule has 98 valence electrons. The normalized spacial score (nSPS) is 25.8. The molecule has 1 N–H and O–H groups in total. The SMILES string of the molecule is Cl.Fc1ccc(F)c(C=C2CC3CCC(C2)N3)c1. The van der Waals surface area contributed by atoms with Crippen molar-refractivity contribution >= 4 is 18.5 Å². The van der Waals surface area contributed by atoms with Gasteiger partial charge in [-0.1, -0.05) is 11.6 Å². The molecule has 0 saturated carbocycles. The maximum Gasteiger partial charge on any atom is 0.130 e. The molecule has 0 amide bonds. The first-order valence-electron chi connectivity index (χ1n) is 6.11. The first-order valence-corrected chi connectivity index (χ1v) is 6.11. The van der Waals surface area contributed by atoms with Crippen molar-refractivity contribution in [2.24, 2.45) is 0 Å². The van der Waals surface area contributed by atoms with Crippen LogP contribution in [-0.4, -0.2) is 12.1 Å². The Morgan fingerprint density at radius 2 is 1.78 bits per heavy atom. The van der Waals surface area contributed by atoms with E-state index in [2.05, 4.69) is 5.32 Å². The van der Waals surface area contributed by atoms with Crippen LogP contribution < -0.4 is 5.32 Å². The first-order chi connectivity index (χ1) is 8.20. The number of piperidine rings is 1. The third-order valence-electron chi connectivity index (χ3n) is 3.67. The molecule has 2 bridgehead atoms. The van der Waals surface area contributed by atoms with Crippen molar-refractivity contribution in [2.45, 2.75) is 37.8 Å². The molecule has 2 heterocycles. The van der Waals surface area contributed by atoms with Gasteiger partial charge in [0.15, 0.2) is 0 Å². The highest BCUT2D eigenvalue weighted by molar-refractivity contribution is 5.85. The zero-order valence-electron chi connectivity index (χ0n) is 9.96. The largest absolute Gasteiger partial charge is 0.311 e. The van der Waals surface area contributed by atoms with Crippen molar-refractivity contribution in [3.63, 3.8) is 0 Å². The van der Waals surface area contributed by atoms with Crippen molar-refractivity contribution in [1.82, 2.24) is 5.32 Å². The molecular weight excluding hydrogens is 256 g/mol. The van der Waals surface area contributed by atoms with E-state index in [1.807, 2.05) is 6.08 Å². The molecule has 2 saturated heterocycles. The maximum absolute atomic E-state index is 13.5. The van der Waals surface area contributed by atoms with Gasteiger partial charge in [0.1, 0.15) is 11.6 Å². The predicted octanol–water partition coefficient (Wildman–Crippen LogP) is 3.68. The van der Waals surface area contributed by atoms with Crippen LogP contribution in [0.15, 0.2) is 23.8 Å². The standard InChI is InChI=1S/C14H15F2N.ClH/c15-11-1-4-14(16)10(8-11)5-9-6-12-2-3-13(7-9)17-12;/h1,4-5,8,12-13,17H,2-3,6-7H2;1H. The van der Waals surface area contributed by atoms with Crippen LogP contribution in [0.5, 0.6) is 0 Å². The number of nitrogens with one attached hydrogen (secondary N) is 1. The highest BCUT2D eigenvalue weighted by Gasteiger charge is 2.30. The van der Waals surface area contributed by atoms with Gasteiger partial charge in [-0.05, 0) is 43.9 Å². The quantitative estimate of drug-likeness (QED) is 0.822. The van der Waals surface area contributed by atoms with Crippen LogP contribution in [0, 0.1) is 11.6 Å². The van der Waals surface area contributed by atoms with Gasteiger partial charge in [-0.25, -0.2) is 8.78 Å². The molecule has 2 fully saturated rings. The summed E-state index contributed by atoms with van der Waals surface area (Å²) >= 11 is 0. The fraction of sp³-hybridized carbons (Fsp3) is 0.429. The summed E-state index contributed by atoms with van der Waals surface area (Å²) in [6, 6.07) is 4.70. The lowest BCUT2D eigenvalue weighted by molar-refractivity contribution is 0.476. The lowest BCUT2D eigenvalue weighted by Crippen LogP contribution is -2.34. The summed E-state index contributed by atoms with van der Waals surface area (Å²) in [6.45, 7) is 0. The van der Waals surface area contributed by atoms with Crippen molar-refractivity contribution in [2.75, 3.05) is 0 Å². The molecule has 1 aromatic rings. The average molecular weight is 272 g/mol. The number of hydrogen-bond acceptors (Lipinski definition) is 1. The van der Waals surface area contributed by atoms with E-state index in [1.165, 1.54) is 30.5 Å². The predicted molar refractivity (Wildman–Crippen MR) is 70.8 cm³/mol. The zero-order chi connectivity index (χ0) is 11.8. The third kappa shape index (κ3) is 2.73. The van der Waals surface area contributed by atoms with Crippen LogP contribution in [0.1, 0.15) is 31.2 Å². The van der Waals surface area contributed by atoms with Crippen LogP contribution in [0.2, 0.25) is 0 Å². The zero-order valence-corrected chi connectivity index (χ0v) is 10.8. The van der Waals surface area contributed by atoms with E-state index in [1.54, 1.807) is 0 Å². The molecule has 0 radical (unpaired) electrons. The van der Waals surface area contributed by atoms with Crippen molar-refractivity contribution < 1.29 is 8.78 Å². The molecule has 2 unspecified atom stereocenters. The number of hydrogen-bond donors (Lipinski definition) is 1. The van der Waals surface area contributed by atoms with Crippen molar-refractivity contribution in [3.8, 4) is 0 Å². The summed E-state index contributed by atoms with van der Waals surface area (Å²) < 4.78 is 26.6. The molecule has 1 aromatic carbocycles. The molecule has 0 spiro atoms. The summed E-state index contributed by atoms with van der Waals surface area (Å²) in [6.07, 6.45) is 6.16.